The van der Waals surface area contributed by atoms with E-state index in [-0.39, 0.29) is 0 Å². The predicted octanol–water partition coefficient (Wildman–Crippen LogP) is 4.31. The van der Waals surface area contributed by atoms with E-state index in [0.29, 0.717) is 0 Å². The van der Waals surface area contributed by atoms with Crippen LogP contribution in [0.15, 0.2) is 24.3 Å². The number of benzene rings is 1. The number of hydrogen-bond acceptors (Lipinski definition) is 2. The minimum absolute atomic E-state index is 0.397. The van der Waals surface area contributed by atoms with Crippen LogP contribution in [0, 0.1) is 0 Å². The molecule has 0 radical (unpaired) electrons. The summed E-state index contributed by atoms with van der Waals surface area (Å²) in [4.78, 5) is 0. The lowest BCUT2D eigenvalue weighted by atomic mass is 9.95. The van der Waals surface area contributed by atoms with Gasteiger partial charge in [0.15, 0.2) is 0 Å². The highest BCUT2D eigenvalue weighted by Crippen LogP contribution is 2.51. The highest BCUT2D eigenvalue weighted by atomic mass is 19.4. The number of hydrogen-bond donors (Lipinski definition) is 2. The molecule has 0 heterocycles. The van der Waals surface area contributed by atoms with E-state index in [1.165, 1.54) is 0 Å². The number of halogens is 12. The third-order valence-electron chi connectivity index (χ3n) is 3.19. The molecular weight excluding hydrogens is 404 g/mol. The molecule has 0 aliphatic rings. The Balaban J connectivity index is 3.37. The molecule has 2 unspecified atom stereocenters. The van der Waals surface area contributed by atoms with Gasteiger partial charge in [0.1, 0.15) is 0 Å². The van der Waals surface area contributed by atoms with Gasteiger partial charge >= 0.3 is 35.9 Å². The first-order chi connectivity index (χ1) is 11.2. The van der Waals surface area contributed by atoms with Gasteiger partial charge in [0.25, 0.3) is 0 Å². The zero-order chi connectivity index (χ0) is 21.0. The molecule has 0 saturated carbocycles. The predicted molar refractivity (Wildman–Crippen MR) is 58.5 cm³/mol. The topological polar surface area (TPSA) is 40.5 Å². The second-order valence-corrected chi connectivity index (χ2v) is 4.97. The maximum Gasteiger partial charge on any atom is 0.455 e. The van der Waals surface area contributed by atoms with Crippen LogP contribution in [0.2, 0.25) is 0 Å². The molecule has 14 heteroatoms. The fourth-order valence-electron chi connectivity index (χ4n) is 1.63. The second-order valence-electron chi connectivity index (χ2n) is 4.97. The van der Waals surface area contributed by atoms with Crippen LogP contribution in [-0.4, -0.2) is 34.3 Å². The summed E-state index contributed by atoms with van der Waals surface area (Å²) in [5.74, 6) is -23.8. The number of alkyl halides is 12. The average molecular weight is 410 g/mol. The van der Waals surface area contributed by atoms with Gasteiger partial charge in [-0.1, -0.05) is 24.3 Å². The zero-order valence-corrected chi connectivity index (χ0v) is 11.7. The van der Waals surface area contributed by atoms with Crippen LogP contribution in [0.5, 0.6) is 0 Å². The Morgan fingerprint density at radius 2 is 0.654 bits per heavy atom. The first kappa shape index (κ1) is 22.3. The van der Waals surface area contributed by atoms with Crippen molar-refractivity contribution in [3.63, 3.8) is 0 Å². The molecule has 0 spiro atoms. The van der Waals surface area contributed by atoms with E-state index in [2.05, 4.69) is 0 Å². The van der Waals surface area contributed by atoms with E-state index in [4.69, 9.17) is 10.2 Å². The minimum atomic E-state index is -6.52. The van der Waals surface area contributed by atoms with Crippen molar-refractivity contribution in [3.8, 4) is 0 Å². The molecule has 0 amide bonds. The molecule has 2 atom stereocenters. The standard InChI is InChI=1S/C12H6F12O2/c13-7(14,9(17,25)11(19,20)21)5-1-2-6(4-3-5)8(15,16)10(18,26)12(22,23)24/h1-4,25-26H. The van der Waals surface area contributed by atoms with E-state index < -0.39 is 71.3 Å². The lowest BCUT2D eigenvalue weighted by Gasteiger charge is -2.32. The molecule has 2 nitrogen and oxygen atoms in total. The molecule has 0 bridgehead atoms. The Kier molecular flexibility index (Phi) is 5.07. The minimum Gasteiger partial charge on any atom is -0.350 e. The monoisotopic (exact) mass is 410 g/mol. The summed E-state index contributed by atoms with van der Waals surface area (Å²) < 4.78 is 153. The fourth-order valence-corrected chi connectivity index (χ4v) is 1.63. The van der Waals surface area contributed by atoms with Crippen molar-refractivity contribution in [1.29, 1.82) is 0 Å². The molecule has 1 rings (SSSR count). The molecule has 0 aromatic heterocycles. The summed E-state index contributed by atoms with van der Waals surface area (Å²) in [5, 5.41) is 16.7. The van der Waals surface area contributed by atoms with Gasteiger partial charge in [-0.05, 0) is 0 Å². The van der Waals surface area contributed by atoms with Gasteiger partial charge in [0.2, 0.25) is 0 Å². The summed E-state index contributed by atoms with van der Waals surface area (Å²) in [6.07, 6.45) is -13.0. The lowest BCUT2D eigenvalue weighted by Crippen LogP contribution is -2.54. The second kappa shape index (κ2) is 5.90. The molecule has 150 valence electrons. The van der Waals surface area contributed by atoms with Crippen LogP contribution >= 0.6 is 0 Å². The quantitative estimate of drug-likeness (QED) is 0.727. The third-order valence-corrected chi connectivity index (χ3v) is 3.19. The molecule has 0 fully saturated rings. The Bertz CT molecular complexity index is 585. The molecule has 0 saturated heterocycles. The van der Waals surface area contributed by atoms with Crippen molar-refractivity contribution in [2.24, 2.45) is 0 Å². The summed E-state index contributed by atoms with van der Waals surface area (Å²) in [5.41, 5.74) is -4.12. The van der Waals surface area contributed by atoms with E-state index in [9.17, 15) is 52.7 Å². The number of rotatable bonds is 4. The summed E-state index contributed by atoms with van der Waals surface area (Å²) in [6, 6.07) is -1.59. The largest absolute Gasteiger partial charge is 0.455 e. The number of aliphatic hydroxyl groups is 2. The first-order valence-corrected chi connectivity index (χ1v) is 6.04. The molecule has 1 aromatic rings. The van der Waals surface area contributed by atoms with Gasteiger partial charge in [-0.25, -0.2) is 0 Å². The van der Waals surface area contributed by atoms with Crippen molar-refractivity contribution in [2.75, 3.05) is 0 Å². The maximum absolute atomic E-state index is 13.4. The van der Waals surface area contributed by atoms with E-state index in [1.54, 1.807) is 0 Å². The van der Waals surface area contributed by atoms with Gasteiger partial charge in [0, 0.05) is 11.1 Å². The van der Waals surface area contributed by atoms with Crippen molar-refractivity contribution in [2.45, 2.75) is 35.9 Å². The maximum atomic E-state index is 13.4. The van der Waals surface area contributed by atoms with Gasteiger partial charge in [0.05, 0.1) is 0 Å². The molecule has 2 N–H and O–H groups in total. The smallest absolute Gasteiger partial charge is 0.350 e. The van der Waals surface area contributed by atoms with Gasteiger partial charge < -0.3 is 10.2 Å². The Morgan fingerprint density at radius 1 is 0.462 bits per heavy atom. The van der Waals surface area contributed by atoms with Gasteiger partial charge in [-0.15, -0.1) is 0 Å². The van der Waals surface area contributed by atoms with Crippen LogP contribution in [0.4, 0.5) is 52.7 Å². The van der Waals surface area contributed by atoms with Crippen LogP contribution in [0.1, 0.15) is 11.1 Å². The van der Waals surface area contributed by atoms with Crippen molar-refractivity contribution >= 4 is 0 Å². The molecule has 0 aliphatic carbocycles. The average Bonchev–Trinajstić information content (AvgIpc) is 2.44. The highest BCUT2D eigenvalue weighted by molar-refractivity contribution is 5.31. The first-order valence-electron chi connectivity index (χ1n) is 6.04. The van der Waals surface area contributed by atoms with Crippen LogP contribution in [-0.2, 0) is 11.8 Å². The summed E-state index contributed by atoms with van der Waals surface area (Å²) in [6.45, 7) is 0. The summed E-state index contributed by atoms with van der Waals surface area (Å²) in [7, 11) is 0. The van der Waals surface area contributed by atoms with Gasteiger partial charge in [-0.3, -0.25) is 0 Å². The Labute approximate surface area is 135 Å². The van der Waals surface area contributed by atoms with Crippen molar-refractivity contribution < 1.29 is 62.9 Å². The van der Waals surface area contributed by atoms with E-state index in [0.717, 1.165) is 0 Å². The Morgan fingerprint density at radius 3 is 0.808 bits per heavy atom. The van der Waals surface area contributed by atoms with Crippen LogP contribution in [0.3, 0.4) is 0 Å². The molecule has 26 heavy (non-hydrogen) atoms. The van der Waals surface area contributed by atoms with E-state index in [1.807, 2.05) is 0 Å². The molecule has 1 aromatic carbocycles. The SMILES string of the molecule is OC(F)(C(F)(F)F)C(F)(F)c1ccc(C(F)(F)C(O)(F)C(F)(F)F)cc1. The van der Waals surface area contributed by atoms with Crippen molar-refractivity contribution in [1.82, 2.24) is 0 Å². The normalized spacial score (nSPS) is 19.0. The third kappa shape index (κ3) is 3.19. The fraction of sp³-hybridized carbons (Fsp3) is 0.500. The van der Waals surface area contributed by atoms with Crippen LogP contribution in [0.25, 0.3) is 0 Å². The molecular formula is C12H6F12O2. The van der Waals surface area contributed by atoms with Crippen molar-refractivity contribution in [3.05, 3.63) is 35.4 Å². The van der Waals surface area contributed by atoms with E-state index >= 15 is 0 Å². The zero-order valence-electron chi connectivity index (χ0n) is 11.7. The highest BCUT2D eigenvalue weighted by Gasteiger charge is 2.73. The van der Waals surface area contributed by atoms with Gasteiger partial charge in [-0.2, -0.15) is 52.7 Å². The molecule has 0 aliphatic heterocycles. The Hall–Kier alpha value is -1.70. The van der Waals surface area contributed by atoms with Crippen LogP contribution < -0.4 is 0 Å². The lowest BCUT2D eigenvalue weighted by molar-refractivity contribution is -0.391. The summed E-state index contributed by atoms with van der Waals surface area (Å²) >= 11 is 0.